The Morgan fingerprint density at radius 3 is 3.06 bits per heavy atom. The van der Waals surface area contributed by atoms with Gasteiger partial charge in [-0.2, -0.15) is 9.64 Å². The van der Waals surface area contributed by atoms with Gasteiger partial charge in [0.15, 0.2) is 0 Å². The summed E-state index contributed by atoms with van der Waals surface area (Å²) in [6.07, 6.45) is 0. The first-order valence-electron chi connectivity index (χ1n) is 4.06. The van der Waals surface area contributed by atoms with Crippen LogP contribution in [-0.2, 0) is 4.74 Å². The fraction of sp³-hybridized carbons (Fsp3) is 0.333. The van der Waals surface area contributed by atoms with Gasteiger partial charge in [-0.3, -0.25) is 0 Å². The molecule has 0 atom stereocenters. The zero-order valence-electron chi connectivity index (χ0n) is 8.32. The number of nitrogens with zero attached hydrogens (tertiary/aromatic N) is 2. The van der Waals surface area contributed by atoms with Crippen molar-refractivity contribution in [2.45, 2.75) is 4.21 Å². The second-order valence-electron chi connectivity index (χ2n) is 2.35. The van der Waals surface area contributed by atoms with Gasteiger partial charge in [-0.25, -0.2) is 0 Å². The Kier molecular flexibility index (Phi) is 6.57. The molecule has 0 fully saturated rings. The lowest BCUT2D eigenvalue weighted by atomic mass is 10.4. The molecule has 0 N–H and O–H groups in total. The summed E-state index contributed by atoms with van der Waals surface area (Å²) in [7, 11) is 1.50. The van der Waals surface area contributed by atoms with Gasteiger partial charge in [0, 0.05) is 22.6 Å². The van der Waals surface area contributed by atoms with Crippen molar-refractivity contribution in [3.05, 3.63) is 5.56 Å². The van der Waals surface area contributed by atoms with E-state index < -0.39 is 0 Å². The molecule has 0 aliphatic rings. The molecule has 16 heavy (non-hydrogen) atoms. The van der Waals surface area contributed by atoms with Gasteiger partial charge in [-0.1, -0.05) is 17.7 Å². The molecule has 0 saturated heterocycles. The molecule has 7 heteroatoms. The molecule has 0 radical (unpaired) electrons. The van der Waals surface area contributed by atoms with Gasteiger partial charge in [-0.15, -0.1) is 0 Å². The van der Waals surface area contributed by atoms with E-state index in [0.29, 0.717) is 24.0 Å². The quantitative estimate of drug-likeness (QED) is 0.264. The van der Waals surface area contributed by atoms with E-state index in [1.807, 2.05) is 22.6 Å². The van der Waals surface area contributed by atoms with E-state index in [0.717, 1.165) is 4.21 Å². The minimum atomic E-state index is 0.377. The van der Waals surface area contributed by atoms with Crippen molar-refractivity contribution in [3.63, 3.8) is 0 Å². The lowest BCUT2D eigenvalue weighted by molar-refractivity contribution is 0.222. The van der Waals surface area contributed by atoms with Gasteiger partial charge in [0.2, 0.25) is 5.88 Å². The Labute approximate surface area is 116 Å². The lowest BCUT2D eigenvalue weighted by Crippen LogP contribution is -1.90. The van der Waals surface area contributed by atoms with Crippen molar-refractivity contribution in [2.24, 2.45) is 0 Å². The average molecular weight is 366 g/mol. The molecule has 0 bridgehead atoms. The molecule has 0 aromatic carbocycles. The number of aromatic nitrogens is 1. The number of ether oxygens (including phenoxy) is 2. The monoisotopic (exact) mass is 366 g/mol. The SMILES string of the molecule is COc1nsc(SCOCC#CI)c1C#N. The summed E-state index contributed by atoms with van der Waals surface area (Å²) in [5.41, 5.74) is 0.473. The molecule has 4 nitrogen and oxygen atoms in total. The van der Waals surface area contributed by atoms with Crippen LogP contribution in [-0.4, -0.2) is 24.0 Å². The predicted molar refractivity (Wildman–Crippen MR) is 71.9 cm³/mol. The first kappa shape index (κ1) is 13.6. The summed E-state index contributed by atoms with van der Waals surface area (Å²) in [6.45, 7) is 0.397. The molecule has 1 aromatic heterocycles. The molecule has 0 amide bonds. The van der Waals surface area contributed by atoms with Gasteiger partial charge in [-0.05, 0) is 15.5 Å². The highest BCUT2D eigenvalue weighted by molar-refractivity contribution is 14.1. The summed E-state index contributed by atoms with van der Waals surface area (Å²) >= 11 is 4.61. The van der Waals surface area contributed by atoms with Crippen LogP contribution in [0.15, 0.2) is 4.21 Å². The normalized spacial score (nSPS) is 9.06. The maximum absolute atomic E-state index is 8.92. The van der Waals surface area contributed by atoms with Crippen LogP contribution in [0.2, 0.25) is 0 Å². The largest absolute Gasteiger partial charge is 0.479 e. The van der Waals surface area contributed by atoms with Crippen molar-refractivity contribution in [1.29, 1.82) is 5.26 Å². The molecule has 1 heterocycles. The summed E-state index contributed by atoms with van der Waals surface area (Å²) in [5.74, 6) is 3.61. The van der Waals surface area contributed by atoms with Crippen LogP contribution in [0.3, 0.4) is 0 Å². The van der Waals surface area contributed by atoms with Crippen LogP contribution in [0, 0.1) is 21.2 Å². The number of halogens is 1. The van der Waals surface area contributed by atoms with Crippen LogP contribution in [0.4, 0.5) is 0 Å². The standard InChI is InChI=1S/C9H7IN2O2S2/c1-13-8-7(5-11)9(16-12-8)15-6-14-4-2-3-10/h4,6H2,1H3. The fourth-order valence-corrected chi connectivity index (χ4v) is 2.54. The molecule has 84 valence electrons. The minimum Gasteiger partial charge on any atom is -0.479 e. The van der Waals surface area contributed by atoms with Crippen molar-refractivity contribution >= 4 is 45.9 Å². The number of rotatable bonds is 5. The molecule has 0 aliphatic heterocycles. The molecular formula is C9H7IN2O2S2. The van der Waals surface area contributed by atoms with Crippen LogP contribution >= 0.6 is 45.9 Å². The number of nitriles is 1. The van der Waals surface area contributed by atoms with Crippen LogP contribution in [0.5, 0.6) is 5.88 Å². The Balaban J connectivity index is 2.50. The van der Waals surface area contributed by atoms with E-state index in [4.69, 9.17) is 14.7 Å². The van der Waals surface area contributed by atoms with E-state index in [-0.39, 0.29) is 0 Å². The summed E-state index contributed by atoms with van der Waals surface area (Å²) < 4.78 is 17.7. The van der Waals surface area contributed by atoms with E-state index in [1.165, 1.54) is 30.4 Å². The average Bonchev–Trinajstić information content (AvgIpc) is 2.71. The van der Waals surface area contributed by atoms with Gasteiger partial charge in [0.25, 0.3) is 0 Å². The zero-order valence-corrected chi connectivity index (χ0v) is 12.1. The Morgan fingerprint density at radius 1 is 1.62 bits per heavy atom. The van der Waals surface area contributed by atoms with Gasteiger partial charge >= 0.3 is 0 Å². The topological polar surface area (TPSA) is 55.1 Å². The van der Waals surface area contributed by atoms with Crippen LogP contribution < -0.4 is 4.74 Å². The third-order valence-electron chi connectivity index (χ3n) is 1.45. The second kappa shape index (κ2) is 7.74. The van der Waals surface area contributed by atoms with E-state index in [2.05, 4.69) is 20.3 Å². The van der Waals surface area contributed by atoms with Crippen LogP contribution in [0.25, 0.3) is 0 Å². The van der Waals surface area contributed by atoms with Crippen LogP contribution in [0.1, 0.15) is 5.56 Å². The Hall–Kier alpha value is -0.480. The smallest absolute Gasteiger partial charge is 0.244 e. The minimum absolute atomic E-state index is 0.377. The lowest BCUT2D eigenvalue weighted by Gasteiger charge is -1.98. The Bertz CT molecular complexity index is 445. The first-order chi connectivity index (χ1) is 7.83. The molecule has 0 unspecified atom stereocenters. The zero-order chi connectivity index (χ0) is 11.8. The van der Waals surface area contributed by atoms with Gasteiger partial charge in [0.1, 0.15) is 22.4 Å². The number of hydrogen-bond acceptors (Lipinski definition) is 6. The third-order valence-corrected chi connectivity index (χ3v) is 3.79. The van der Waals surface area contributed by atoms with Crippen molar-refractivity contribution in [2.75, 3.05) is 19.7 Å². The maximum Gasteiger partial charge on any atom is 0.244 e. The highest BCUT2D eigenvalue weighted by Crippen LogP contribution is 2.32. The molecule has 1 aromatic rings. The maximum atomic E-state index is 8.92. The highest BCUT2D eigenvalue weighted by atomic mass is 127. The van der Waals surface area contributed by atoms with E-state index in [1.54, 1.807) is 0 Å². The van der Waals surface area contributed by atoms with Crippen molar-refractivity contribution in [3.8, 4) is 21.8 Å². The fourth-order valence-electron chi connectivity index (χ4n) is 0.808. The Morgan fingerprint density at radius 2 is 2.44 bits per heavy atom. The summed E-state index contributed by atoms with van der Waals surface area (Å²) in [5, 5.41) is 8.92. The molecular weight excluding hydrogens is 359 g/mol. The van der Waals surface area contributed by atoms with E-state index in [9.17, 15) is 0 Å². The first-order valence-corrected chi connectivity index (χ1v) is 6.90. The van der Waals surface area contributed by atoms with Crippen molar-refractivity contribution in [1.82, 2.24) is 4.37 Å². The van der Waals surface area contributed by atoms with E-state index >= 15 is 0 Å². The van der Waals surface area contributed by atoms with Gasteiger partial charge in [0.05, 0.1) is 13.0 Å². The summed E-state index contributed by atoms with van der Waals surface area (Å²) in [4.78, 5) is 0. The molecule has 0 spiro atoms. The third kappa shape index (κ3) is 3.83. The van der Waals surface area contributed by atoms with Crippen molar-refractivity contribution < 1.29 is 9.47 Å². The highest BCUT2D eigenvalue weighted by Gasteiger charge is 2.14. The second-order valence-corrected chi connectivity index (χ2v) is 4.85. The molecule has 0 saturated carbocycles. The molecule has 0 aliphatic carbocycles. The summed E-state index contributed by atoms with van der Waals surface area (Å²) in [6, 6.07) is 2.06. The molecule has 1 rings (SSSR count). The predicted octanol–water partition coefficient (Wildman–Crippen LogP) is 2.49. The van der Waals surface area contributed by atoms with Gasteiger partial charge < -0.3 is 9.47 Å². The number of thioether (sulfide) groups is 1. The number of hydrogen-bond donors (Lipinski definition) is 0. The number of methoxy groups -OCH3 is 1.